The van der Waals surface area contributed by atoms with E-state index in [-0.39, 0.29) is 28.4 Å². The summed E-state index contributed by atoms with van der Waals surface area (Å²) >= 11 is 0. The van der Waals surface area contributed by atoms with Gasteiger partial charge in [0, 0.05) is 50.6 Å². The first-order chi connectivity index (χ1) is 16.5. The Bertz CT molecular complexity index is 1150. The number of carbonyl (C=O) groups excluding carboxylic acids is 1. The van der Waals surface area contributed by atoms with Crippen LogP contribution in [0.25, 0.3) is 11.3 Å². The van der Waals surface area contributed by atoms with Gasteiger partial charge in [0.25, 0.3) is 0 Å². The first-order valence-corrected chi connectivity index (χ1v) is 11.9. The molecule has 0 N–H and O–H groups in total. The molecule has 0 unspecified atom stereocenters. The first-order valence-electron chi connectivity index (χ1n) is 11.9. The van der Waals surface area contributed by atoms with E-state index in [4.69, 9.17) is 18.9 Å². The average molecular weight is 469 g/mol. The summed E-state index contributed by atoms with van der Waals surface area (Å²) in [6, 6.07) is 5.70. The van der Waals surface area contributed by atoms with Crippen LogP contribution in [0, 0.1) is 0 Å². The lowest BCUT2D eigenvalue weighted by atomic mass is 9.74. The van der Waals surface area contributed by atoms with Crippen LogP contribution in [0.5, 0.6) is 5.75 Å². The largest absolute Gasteiger partial charge is 0.493 e. The van der Waals surface area contributed by atoms with Crippen LogP contribution in [0.4, 0.5) is 0 Å². The number of aromatic nitrogens is 1. The van der Waals surface area contributed by atoms with E-state index >= 15 is 0 Å². The highest BCUT2D eigenvalue weighted by atomic mass is 16.5. The number of fused-ring (bicyclic) bond motifs is 7. The van der Waals surface area contributed by atoms with Crippen molar-refractivity contribution in [3.05, 3.63) is 51.3 Å². The first kappa shape index (κ1) is 23.1. The zero-order valence-corrected chi connectivity index (χ0v) is 20.1. The Kier molecular flexibility index (Phi) is 6.22. The van der Waals surface area contributed by atoms with Crippen molar-refractivity contribution in [3.63, 3.8) is 0 Å². The van der Waals surface area contributed by atoms with E-state index in [1.165, 1.54) is 6.92 Å². The Hall–Kier alpha value is -2.68. The van der Waals surface area contributed by atoms with Gasteiger partial charge in [0.1, 0.15) is 5.75 Å². The quantitative estimate of drug-likeness (QED) is 0.435. The molecular formula is C26H32N2O6. The Labute approximate surface area is 199 Å². The van der Waals surface area contributed by atoms with Crippen LogP contribution in [-0.2, 0) is 20.8 Å². The van der Waals surface area contributed by atoms with Crippen LogP contribution < -0.4 is 15.2 Å². The van der Waals surface area contributed by atoms with Crippen LogP contribution >= 0.6 is 0 Å². The molecule has 0 bridgehead atoms. The van der Waals surface area contributed by atoms with Crippen molar-refractivity contribution in [2.75, 3.05) is 45.7 Å². The Morgan fingerprint density at radius 3 is 2.68 bits per heavy atom. The van der Waals surface area contributed by atoms with E-state index in [0.29, 0.717) is 33.0 Å². The number of benzene rings is 1. The van der Waals surface area contributed by atoms with Crippen molar-refractivity contribution >= 4 is 5.78 Å². The van der Waals surface area contributed by atoms with Gasteiger partial charge in [0.05, 0.1) is 49.3 Å². The van der Waals surface area contributed by atoms with Gasteiger partial charge in [0.15, 0.2) is 11.2 Å². The van der Waals surface area contributed by atoms with Crippen molar-refractivity contribution in [1.82, 2.24) is 4.68 Å². The van der Waals surface area contributed by atoms with Crippen LogP contribution in [0.15, 0.2) is 29.2 Å². The molecule has 8 heteroatoms. The predicted molar refractivity (Wildman–Crippen MR) is 127 cm³/mol. The minimum absolute atomic E-state index is 0.0446. The maximum Gasteiger partial charge on any atom is 0.193 e. The highest BCUT2D eigenvalue weighted by Crippen LogP contribution is 2.49. The van der Waals surface area contributed by atoms with E-state index in [0.717, 1.165) is 53.8 Å². The fraction of sp³-hybridized carbons (Fsp3) is 0.538. The molecule has 2 fully saturated rings. The third kappa shape index (κ3) is 3.74. The fourth-order valence-corrected chi connectivity index (χ4v) is 5.48. The van der Waals surface area contributed by atoms with Gasteiger partial charge in [-0.3, -0.25) is 19.3 Å². The van der Waals surface area contributed by atoms with Crippen LogP contribution in [0.3, 0.4) is 0 Å². The lowest BCUT2D eigenvalue weighted by Crippen LogP contribution is -2.67. The number of rotatable bonds is 8. The van der Waals surface area contributed by atoms with E-state index in [1.807, 2.05) is 4.68 Å². The average Bonchev–Trinajstić information content (AvgIpc) is 2.80. The van der Waals surface area contributed by atoms with Crippen LogP contribution in [-0.4, -0.2) is 56.6 Å². The molecule has 34 heavy (non-hydrogen) atoms. The lowest BCUT2D eigenvalue weighted by molar-refractivity contribution is -0.0299. The molecule has 3 heterocycles. The predicted octanol–water partition coefficient (Wildman–Crippen LogP) is 3.23. The number of Topliss-reactive ketones (excluding diaryl/α,β-unsaturated/α-hetero) is 1. The number of methoxy groups -OCH3 is 2. The lowest BCUT2D eigenvalue weighted by Gasteiger charge is -2.59. The van der Waals surface area contributed by atoms with Gasteiger partial charge in [-0.1, -0.05) is 0 Å². The van der Waals surface area contributed by atoms with Gasteiger partial charge in [-0.15, -0.1) is 0 Å². The van der Waals surface area contributed by atoms with E-state index in [9.17, 15) is 9.59 Å². The van der Waals surface area contributed by atoms with Gasteiger partial charge < -0.3 is 18.9 Å². The Morgan fingerprint density at radius 2 is 2.00 bits per heavy atom. The highest BCUT2D eigenvalue weighted by Gasteiger charge is 2.51. The summed E-state index contributed by atoms with van der Waals surface area (Å²) in [5, 5.41) is 2.36. The number of morpholine rings is 1. The van der Waals surface area contributed by atoms with Crippen LogP contribution in [0.1, 0.15) is 60.1 Å². The molecule has 1 atom stereocenters. The second-order valence-electron chi connectivity index (χ2n) is 9.47. The summed E-state index contributed by atoms with van der Waals surface area (Å²) < 4.78 is 25.0. The van der Waals surface area contributed by atoms with Crippen molar-refractivity contribution in [1.29, 1.82) is 0 Å². The number of nitrogens with zero attached hydrogens (tertiary/aromatic N) is 2. The minimum atomic E-state index is -0.257. The molecule has 1 spiro atoms. The molecule has 2 aromatic rings. The minimum Gasteiger partial charge on any atom is -0.493 e. The van der Waals surface area contributed by atoms with Gasteiger partial charge in [-0.05, 0) is 43.9 Å². The molecule has 1 aromatic heterocycles. The van der Waals surface area contributed by atoms with E-state index in [2.05, 4.69) is 17.1 Å². The molecular weight excluding hydrogens is 436 g/mol. The summed E-state index contributed by atoms with van der Waals surface area (Å²) in [4.78, 5) is 25.1. The van der Waals surface area contributed by atoms with Crippen molar-refractivity contribution < 1.29 is 23.7 Å². The molecule has 3 aliphatic rings. The molecule has 1 saturated carbocycles. The highest BCUT2D eigenvalue weighted by molar-refractivity contribution is 5.94. The number of hydrogen-bond acceptors (Lipinski definition) is 7. The molecule has 1 aliphatic carbocycles. The molecule has 1 aromatic carbocycles. The van der Waals surface area contributed by atoms with Gasteiger partial charge in [-0.25, -0.2) is 0 Å². The molecule has 1 saturated heterocycles. The zero-order valence-electron chi connectivity index (χ0n) is 20.1. The van der Waals surface area contributed by atoms with Gasteiger partial charge >= 0.3 is 0 Å². The molecule has 0 amide bonds. The summed E-state index contributed by atoms with van der Waals surface area (Å²) in [6.07, 6.45) is 5.68. The standard InChI is InChI=1S/C26H32N2O6/c1-17(29)21-13-27-22(12-24(21)30)19-10-18(14-32-3)25(34-9-5-8-31-2)11-20(19)23-15-33-16-26(28(23)27)6-4-7-26/h10-13,23H,4-9,14-16H2,1-3H3/t23-/m1/s1. The summed E-state index contributed by atoms with van der Waals surface area (Å²) in [5.41, 5.74) is 3.54. The van der Waals surface area contributed by atoms with E-state index < -0.39 is 0 Å². The van der Waals surface area contributed by atoms with Crippen molar-refractivity contribution in [2.24, 2.45) is 0 Å². The molecule has 182 valence electrons. The number of pyridine rings is 1. The smallest absolute Gasteiger partial charge is 0.193 e. The zero-order chi connectivity index (χ0) is 23.9. The van der Waals surface area contributed by atoms with E-state index in [1.54, 1.807) is 26.5 Å². The summed E-state index contributed by atoms with van der Waals surface area (Å²) in [7, 11) is 3.34. The molecule has 5 rings (SSSR count). The third-order valence-electron chi connectivity index (χ3n) is 7.27. The summed E-state index contributed by atoms with van der Waals surface area (Å²) in [5.74, 6) is 0.555. The number of hydrogen-bond donors (Lipinski definition) is 0. The maximum atomic E-state index is 12.9. The molecule has 8 nitrogen and oxygen atoms in total. The van der Waals surface area contributed by atoms with Gasteiger partial charge in [-0.2, -0.15) is 0 Å². The number of carbonyl (C=O) groups is 1. The maximum absolute atomic E-state index is 12.9. The fourth-order valence-electron chi connectivity index (χ4n) is 5.48. The third-order valence-corrected chi connectivity index (χ3v) is 7.27. The SMILES string of the molecule is COCCCOc1cc2c(cc1COC)-c1cc(=O)c(C(C)=O)cn1N1[C@@H]2COCC12CCC2. The Balaban J connectivity index is 1.68. The van der Waals surface area contributed by atoms with Crippen LogP contribution in [0.2, 0.25) is 0 Å². The normalized spacial score (nSPS) is 19.7. The van der Waals surface area contributed by atoms with Gasteiger partial charge in [0.2, 0.25) is 0 Å². The second kappa shape index (κ2) is 9.17. The number of ether oxygens (including phenoxy) is 4. The monoisotopic (exact) mass is 468 g/mol. The van der Waals surface area contributed by atoms with Crippen molar-refractivity contribution in [2.45, 2.75) is 50.8 Å². The summed E-state index contributed by atoms with van der Waals surface area (Å²) in [6.45, 7) is 4.17. The topological polar surface area (TPSA) is 79.2 Å². The number of ketones is 1. The van der Waals surface area contributed by atoms with Crippen molar-refractivity contribution in [3.8, 4) is 17.0 Å². The molecule has 2 aliphatic heterocycles. The Morgan fingerprint density at radius 1 is 1.18 bits per heavy atom. The molecule has 0 radical (unpaired) electrons. The second-order valence-corrected chi connectivity index (χ2v) is 9.47.